The lowest BCUT2D eigenvalue weighted by atomic mass is 10.0. The molecule has 182 valence electrons. The Morgan fingerprint density at radius 2 is 1.88 bits per heavy atom. The van der Waals surface area contributed by atoms with Crippen molar-refractivity contribution in [2.75, 3.05) is 18.8 Å². The molecule has 1 saturated heterocycles. The summed E-state index contributed by atoms with van der Waals surface area (Å²) in [4.78, 5) is 50.9. The first-order valence-corrected chi connectivity index (χ1v) is 12.4. The van der Waals surface area contributed by atoms with Gasteiger partial charge in [-0.3, -0.25) is 19.2 Å². The van der Waals surface area contributed by atoms with Gasteiger partial charge in [-0.15, -0.1) is 0 Å². The first-order chi connectivity index (χ1) is 15.7. The zero-order chi connectivity index (χ0) is 24.4. The number of nitrogens with zero attached hydrogens (tertiary/aromatic N) is 1. The Morgan fingerprint density at radius 1 is 1.18 bits per heavy atom. The summed E-state index contributed by atoms with van der Waals surface area (Å²) in [6, 6.07) is 7.74. The SMILES string of the molecule is CC(C)CC(NC(=O)C1CCCN1C(=O)C(N)CSCc1ccccc1)C(=O)NCC(N)=O. The van der Waals surface area contributed by atoms with Crippen LogP contribution in [0.3, 0.4) is 0 Å². The highest BCUT2D eigenvalue weighted by atomic mass is 32.2. The van der Waals surface area contributed by atoms with Gasteiger partial charge in [0.2, 0.25) is 23.6 Å². The Labute approximate surface area is 199 Å². The minimum Gasteiger partial charge on any atom is -0.368 e. The van der Waals surface area contributed by atoms with Crippen LogP contribution in [0.4, 0.5) is 0 Å². The molecule has 3 unspecified atom stereocenters. The molecular weight excluding hydrogens is 442 g/mol. The molecule has 0 saturated carbocycles. The predicted octanol–water partition coefficient (Wildman–Crippen LogP) is 0.371. The highest BCUT2D eigenvalue weighted by Gasteiger charge is 2.37. The van der Waals surface area contributed by atoms with Crippen LogP contribution in [0.5, 0.6) is 0 Å². The summed E-state index contributed by atoms with van der Waals surface area (Å²) in [5.41, 5.74) is 12.4. The third kappa shape index (κ3) is 8.70. The highest BCUT2D eigenvalue weighted by molar-refractivity contribution is 7.98. The van der Waals surface area contributed by atoms with Gasteiger partial charge in [0.15, 0.2) is 0 Å². The van der Waals surface area contributed by atoms with E-state index >= 15 is 0 Å². The van der Waals surface area contributed by atoms with Gasteiger partial charge in [0, 0.05) is 18.1 Å². The van der Waals surface area contributed by atoms with Gasteiger partial charge in [-0.2, -0.15) is 11.8 Å². The van der Waals surface area contributed by atoms with E-state index < -0.39 is 29.9 Å². The molecule has 2 rings (SSSR count). The third-order valence-electron chi connectivity index (χ3n) is 5.34. The predicted molar refractivity (Wildman–Crippen MR) is 129 cm³/mol. The van der Waals surface area contributed by atoms with Crippen LogP contribution >= 0.6 is 11.8 Å². The molecule has 0 bridgehead atoms. The maximum Gasteiger partial charge on any atom is 0.243 e. The largest absolute Gasteiger partial charge is 0.368 e. The number of thioether (sulfide) groups is 1. The molecule has 10 heteroatoms. The molecule has 0 aliphatic carbocycles. The monoisotopic (exact) mass is 477 g/mol. The van der Waals surface area contributed by atoms with Gasteiger partial charge in [-0.1, -0.05) is 44.2 Å². The van der Waals surface area contributed by atoms with Crippen LogP contribution in [0.25, 0.3) is 0 Å². The van der Waals surface area contributed by atoms with Gasteiger partial charge in [-0.25, -0.2) is 0 Å². The van der Waals surface area contributed by atoms with Gasteiger partial charge in [0.05, 0.1) is 12.6 Å². The maximum atomic E-state index is 13.0. The summed E-state index contributed by atoms with van der Waals surface area (Å²) in [5.74, 6) is -0.444. The number of carbonyl (C=O) groups is 4. The lowest BCUT2D eigenvalue weighted by Crippen LogP contribution is -2.56. The molecule has 1 fully saturated rings. The zero-order valence-electron chi connectivity index (χ0n) is 19.3. The van der Waals surface area contributed by atoms with Crippen LogP contribution in [0.2, 0.25) is 0 Å². The molecule has 1 heterocycles. The van der Waals surface area contributed by atoms with Crippen LogP contribution in [-0.4, -0.2) is 65.5 Å². The number of hydrogen-bond acceptors (Lipinski definition) is 6. The second-order valence-electron chi connectivity index (χ2n) is 8.67. The van der Waals surface area contributed by atoms with E-state index in [1.807, 2.05) is 44.2 Å². The van der Waals surface area contributed by atoms with Crippen LogP contribution in [0.1, 0.15) is 38.7 Å². The number of amides is 4. The van der Waals surface area contributed by atoms with E-state index in [1.54, 1.807) is 11.8 Å². The van der Waals surface area contributed by atoms with E-state index in [9.17, 15) is 19.2 Å². The van der Waals surface area contributed by atoms with E-state index in [0.717, 1.165) is 11.3 Å². The van der Waals surface area contributed by atoms with Crippen LogP contribution < -0.4 is 22.1 Å². The van der Waals surface area contributed by atoms with Gasteiger partial charge in [-0.05, 0) is 30.7 Å². The number of primary amides is 1. The van der Waals surface area contributed by atoms with E-state index in [1.165, 1.54) is 4.90 Å². The molecule has 3 atom stereocenters. The van der Waals surface area contributed by atoms with Gasteiger partial charge < -0.3 is 27.0 Å². The second-order valence-corrected chi connectivity index (χ2v) is 9.70. The van der Waals surface area contributed by atoms with Crippen molar-refractivity contribution in [2.45, 2.75) is 57.0 Å². The van der Waals surface area contributed by atoms with Crippen LogP contribution in [0, 0.1) is 5.92 Å². The van der Waals surface area contributed by atoms with Gasteiger partial charge in [0.1, 0.15) is 12.1 Å². The number of carbonyl (C=O) groups excluding carboxylic acids is 4. The van der Waals surface area contributed by atoms with Crippen molar-refractivity contribution in [3.05, 3.63) is 35.9 Å². The molecule has 1 aromatic carbocycles. The van der Waals surface area contributed by atoms with E-state index in [4.69, 9.17) is 11.5 Å². The van der Waals surface area contributed by atoms with E-state index in [2.05, 4.69) is 10.6 Å². The fourth-order valence-corrected chi connectivity index (χ4v) is 4.68. The number of nitrogens with one attached hydrogen (secondary N) is 2. The Hall–Kier alpha value is -2.59. The third-order valence-corrected chi connectivity index (χ3v) is 6.47. The second kappa shape index (κ2) is 13.2. The van der Waals surface area contributed by atoms with Crippen molar-refractivity contribution in [2.24, 2.45) is 17.4 Å². The molecule has 9 nitrogen and oxygen atoms in total. The van der Waals surface area contributed by atoms with Crippen molar-refractivity contribution in [1.29, 1.82) is 0 Å². The number of hydrogen-bond donors (Lipinski definition) is 4. The topological polar surface area (TPSA) is 148 Å². The summed E-state index contributed by atoms with van der Waals surface area (Å²) in [5, 5.41) is 5.20. The molecule has 0 aromatic heterocycles. The Balaban J connectivity index is 1.93. The molecule has 1 aromatic rings. The van der Waals surface area contributed by atoms with Crippen molar-refractivity contribution < 1.29 is 19.2 Å². The first kappa shape index (κ1) is 26.7. The Bertz CT molecular complexity index is 820. The normalized spacial score (nSPS) is 17.5. The molecule has 4 amide bonds. The maximum absolute atomic E-state index is 13.0. The van der Waals surface area contributed by atoms with E-state index in [-0.39, 0.29) is 24.3 Å². The lowest BCUT2D eigenvalue weighted by Gasteiger charge is -2.28. The molecule has 0 spiro atoms. The average molecular weight is 478 g/mol. The minimum absolute atomic E-state index is 0.131. The Morgan fingerprint density at radius 3 is 2.52 bits per heavy atom. The average Bonchev–Trinajstić information content (AvgIpc) is 3.26. The smallest absolute Gasteiger partial charge is 0.243 e. The standard InChI is InChI=1S/C23H35N5O4S/c1-15(2)11-18(21(30)26-12-20(25)29)27-22(31)19-9-6-10-28(19)23(32)17(24)14-33-13-16-7-4-3-5-8-16/h3-5,7-8,15,17-19H,6,9-14,24H2,1-2H3,(H2,25,29)(H,26,30)(H,27,31). The fraction of sp³-hybridized carbons (Fsp3) is 0.565. The highest BCUT2D eigenvalue weighted by Crippen LogP contribution is 2.20. The summed E-state index contributed by atoms with van der Waals surface area (Å²) >= 11 is 1.58. The molecule has 6 N–H and O–H groups in total. The van der Waals surface area contributed by atoms with Crippen molar-refractivity contribution in [1.82, 2.24) is 15.5 Å². The van der Waals surface area contributed by atoms with Gasteiger partial charge >= 0.3 is 0 Å². The number of rotatable bonds is 12. The zero-order valence-corrected chi connectivity index (χ0v) is 20.1. The Kier molecular flexibility index (Phi) is 10.7. The fourth-order valence-electron chi connectivity index (χ4n) is 3.73. The molecule has 1 aliphatic rings. The summed E-state index contributed by atoms with van der Waals surface area (Å²) < 4.78 is 0. The molecular formula is C23H35N5O4S. The summed E-state index contributed by atoms with van der Waals surface area (Å²) in [6.07, 6.45) is 1.60. The number of benzene rings is 1. The summed E-state index contributed by atoms with van der Waals surface area (Å²) in [7, 11) is 0. The van der Waals surface area contributed by atoms with E-state index in [0.29, 0.717) is 31.6 Å². The molecule has 0 radical (unpaired) electrons. The van der Waals surface area contributed by atoms with Gasteiger partial charge in [0.25, 0.3) is 0 Å². The van der Waals surface area contributed by atoms with Crippen LogP contribution in [0.15, 0.2) is 30.3 Å². The first-order valence-electron chi connectivity index (χ1n) is 11.2. The number of likely N-dealkylation sites (tertiary alicyclic amines) is 1. The molecule has 33 heavy (non-hydrogen) atoms. The van der Waals surface area contributed by atoms with Crippen molar-refractivity contribution in [3.8, 4) is 0 Å². The minimum atomic E-state index is -0.815. The number of nitrogens with two attached hydrogens (primary N) is 2. The quantitative estimate of drug-likeness (QED) is 0.342. The summed E-state index contributed by atoms with van der Waals surface area (Å²) in [6.45, 7) is 4.01. The van der Waals surface area contributed by atoms with Crippen molar-refractivity contribution in [3.63, 3.8) is 0 Å². The lowest BCUT2D eigenvalue weighted by molar-refractivity contribution is -0.140. The van der Waals surface area contributed by atoms with Crippen LogP contribution in [-0.2, 0) is 24.9 Å². The van der Waals surface area contributed by atoms with Crippen molar-refractivity contribution >= 4 is 35.4 Å². The molecule has 1 aliphatic heterocycles.